The highest BCUT2D eigenvalue weighted by molar-refractivity contribution is 5.63. The largest absolute Gasteiger partial charge is 0.496 e. The Morgan fingerprint density at radius 3 is 2.56 bits per heavy atom. The van der Waals surface area contributed by atoms with E-state index in [-0.39, 0.29) is 0 Å². The van der Waals surface area contributed by atoms with Crippen LogP contribution in [-0.4, -0.2) is 23.6 Å². The van der Waals surface area contributed by atoms with Crippen molar-refractivity contribution >= 4 is 17.3 Å². The molecule has 0 spiro atoms. The molecular weight excluding hydrogens is 336 g/mol. The standard InChI is InChI=1S/C22H26N4O/c1-5-26(19-11-8-9-16(2)13-19)22-14-21(24-17(3)25-22)23-15-18-10-6-7-12-20(18)27-4/h6-14H,5,15H2,1-4H3,(H,23,24,25). The quantitative estimate of drug-likeness (QED) is 0.650. The summed E-state index contributed by atoms with van der Waals surface area (Å²) < 4.78 is 5.42. The van der Waals surface area contributed by atoms with Crippen LogP contribution >= 0.6 is 0 Å². The number of aryl methyl sites for hydroxylation is 2. The fourth-order valence-electron chi connectivity index (χ4n) is 3.09. The number of nitrogens with zero attached hydrogens (tertiary/aromatic N) is 3. The fourth-order valence-corrected chi connectivity index (χ4v) is 3.09. The van der Waals surface area contributed by atoms with Gasteiger partial charge in [0.15, 0.2) is 0 Å². The van der Waals surface area contributed by atoms with E-state index in [2.05, 4.69) is 58.3 Å². The lowest BCUT2D eigenvalue weighted by Gasteiger charge is -2.23. The van der Waals surface area contributed by atoms with Crippen molar-refractivity contribution in [3.63, 3.8) is 0 Å². The number of hydrogen-bond acceptors (Lipinski definition) is 5. The highest BCUT2D eigenvalue weighted by atomic mass is 16.5. The van der Waals surface area contributed by atoms with Gasteiger partial charge >= 0.3 is 0 Å². The Morgan fingerprint density at radius 1 is 1.00 bits per heavy atom. The molecule has 0 bridgehead atoms. The van der Waals surface area contributed by atoms with Gasteiger partial charge in [-0.15, -0.1) is 0 Å². The second kappa shape index (κ2) is 8.54. The van der Waals surface area contributed by atoms with Gasteiger partial charge in [-0.1, -0.05) is 30.3 Å². The maximum Gasteiger partial charge on any atom is 0.138 e. The molecule has 1 aromatic heterocycles. The molecule has 5 nitrogen and oxygen atoms in total. The van der Waals surface area contributed by atoms with Gasteiger partial charge in [0.1, 0.15) is 23.2 Å². The van der Waals surface area contributed by atoms with Crippen LogP contribution in [0, 0.1) is 13.8 Å². The first-order valence-electron chi connectivity index (χ1n) is 9.16. The fraction of sp³-hybridized carbons (Fsp3) is 0.273. The van der Waals surface area contributed by atoms with E-state index in [1.165, 1.54) is 5.56 Å². The Hall–Kier alpha value is -3.08. The number of para-hydroxylation sites is 1. The maximum absolute atomic E-state index is 5.42. The molecule has 0 aliphatic carbocycles. The average molecular weight is 362 g/mol. The van der Waals surface area contributed by atoms with Crippen LogP contribution in [0.5, 0.6) is 5.75 Å². The summed E-state index contributed by atoms with van der Waals surface area (Å²) in [6, 6.07) is 18.4. The van der Waals surface area contributed by atoms with Gasteiger partial charge in [0.25, 0.3) is 0 Å². The molecule has 0 aliphatic rings. The van der Waals surface area contributed by atoms with Crippen molar-refractivity contribution in [3.8, 4) is 5.75 Å². The van der Waals surface area contributed by atoms with Crippen LogP contribution in [0.15, 0.2) is 54.6 Å². The topological polar surface area (TPSA) is 50.3 Å². The van der Waals surface area contributed by atoms with Crippen LogP contribution in [-0.2, 0) is 6.54 Å². The molecule has 0 saturated carbocycles. The second-order valence-electron chi connectivity index (χ2n) is 6.41. The van der Waals surface area contributed by atoms with Gasteiger partial charge in [0.05, 0.1) is 7.11 Å². The molecule has 0 radical (unpaired) electrons. The Balaban J connectivity index is 1.85. The van der Waals surface area contributed by atoms with E-state index in [4.69, 9.17) is 4.74 Å². The number of aromatic nitrogens is 2. The summed E-state index contributed by atoms with van der Waals surface area (Å²) in [5.74, 6) is 3.29. The third-order valence-electron chi connectivity index (χ3n) is 4.38. The first-order valence-corrected chi connectivity index (χ1v) is 9.16. The van der Waals surface area contributed by atoms with Crippen molar-refractivity contribution in [2.45, 2.75) is 27.3 Å². The molecule has 0 fully saturated rings. The second-order valence-corrected chi connectivity index (χ2v) is 6.41. The van der Waals surface area contributed by atoms with E-state index < -0.39 is 0 Å². The van der Waals surface area contributed by atoms with Crippen LogP contribution in [0.25, 0.3) is 0 Å². The minimum absolute atomic E-state index is 0.635. The number of anilines is 3. The minimum atomic E-state index is 0.635. The van der Waals surface area contributed by atoms with E-state index in [0.717, 1.165) is 41.0 Å². The predicted octanol–water partition coefficient (Wildman–Crippen LogP) is 4.87. The number of rotatable bonds is 7. The lowest BCUT2D eigenvalue weighted by Crippen LogP contribution is -2.18. The Morgan fingerprint density at radius 2 is 1.81 bits per heavy atom. The lowest BCUT2D eigenvalue weighted by molar-refractivity contribution is 0.410. The molecule has 2 aromatic carbocycles. The Kier molecular flexibility index (Phi) is 5.91. The van der Waals surface area contributed by atoms with E-state index >= 15 is 0 Å². The third kappa shape index (κ3) is 4.56. The van der Waals surface area contributed by atoms with Crippen LogP contribution in [0.2, 0.25) is 0 Å². The molecule has 27 heavy (non-hydrogen) atoms. The first-order chi connectivity index (χ1) is 13.1. The first kappa shape index (κ1) is 18.7. The molecule has 140 valence electrons. The minimum Gasteiger partial charge on any atom is -0.496 e. The van der Waals surface area contributed by atoms with Crippen LogP contribution in [0.1, 0.15) is 23.9 Å². The van der Waals surface area contributed by atoms with E-state index in [0.29, 0.717) is 6.54 Å². The average Bonchev–Trinajstić information content (AvgIpc) is 2.67. The van der Waals surface area contributed by atoms with Gasteiger partial charge in [-0.2, -0.15) is 0 Å². The third-order valence-corrected chi connectivity index (χ3v) is 4.38. The molecule has 1 heterocycles. The van der Waals surface area contributed by atoms with E-state index in [1.54, 1.807) is 7.11 Å². The highest BCUT2D eigenvalue weighted by Gasteiger charge is 2.12. The molecular formula is C22H26N4O. The summed E-state index contributed by atoms with van der Waals surface area (Å²) in [4.78, 5) is 11.4. The Bertz CT molecular complexity index is 910. The number of benzene rings is 2. The normalized spacial score (nSPS) is 10.5. The molecule has 1 N–H and O–H groups in total. The summed E-state index contributed by atoms with van der Waals surface area (Å²) in [5, 5.41) is 3.40. The van der Waals surface area contributed by atoms with Gasteiger partial charge in [-0.05, 0) is 44.5 Å². The van der Waals surface area contributed by atoms with Crippen LogP contribution in [0.4, 0.5) is 17.3 Å². The highest BCUT2D eigenvalue weighted by Crippen LogP contribution is 2.26. The van der Waals surface area contributed by atoms with Crippen LogP contribution < -0.4 is 15.0 Å². The van der Waals surface area contributed by atoms with Gasteiger partial charge in [0.2, 0.25) is 0 Å². The molecule has 3 rings (SSSR count). The summed E-state index contributed by atoms with van der Waals surface area (Å²) in [7, 11) is 1.69. The zero-order chi connectivity index (χ0) is 19.2. The van der Waals surface area contributed by atoms with Crippen molar-refractivity contribution in [1.29, 1.82) is 0 Å². The lowest BCUT2D eigenvalue weighted by atomic mass is 10.2. The summed E-state index contributed by atoms with van der Waals surface area (Å²) in [5.41, 5.74) is 3.45. The van der Waals surface area contributed by atoms with Crippen molar-refractivity contribution in [2.24, 2.45) is 0 Å². The van der Waals surface area contributed by atoms with Crippen molar-refractivity contribution in [1.82, 2.24) is 9.97 Å². The van der Waals surface area contributed by atoms with E-state index in [1.807, 2.05) is 37.3 Å². The molecule has 0 atom stereocenters. The SMILES string of the molecule is CCN(c1cccc(C)c1)c1cc(NCc2ccccc2OC)nc(C)n1. The van der Waals surface area contributed by atoms with Crippen molar-refractivity contribution in [3.05, 3.63) is 71.5 Å². The smallest absolute Gasteiger partial charge is 0.138 e. The van der Waals surface area contributed by atoms with E-state index in [9.17, 15) is 0 Å². The van der Waals surface area contributed by atoms with Gasteiger partial charge in [0, 0.05) is 30.4 Å². The summed E-state index contributed by atoms with van der Waals surface area (Å²) in [6.45, 7) is 7.61. The van der Waals surface area contributed by atoms with Crippen molar-refractivity contribution < 1.29 is 4.74 Å². The molecule has 0 amide bonds. The van der Waals surface area contributed by atoms with Gasteiger partial charge in [-0.25, -0.2) is 9.97 Å². The molecule has 0 aliphatic heterocycles. The molecule has 3 aromatic rings. The predicted molar refractivity (Wildman–Crippen MR) is 111 cm³/mol. The number of hydrogen-bond donors (Lipinski definition) is 1. The van der Waals surface area contributed by atoms with Gasteiger partial charge in [-0.3, -0.25) is 0 Å². The zero-order valence-electron chi connectivity index (χ0n) is 16.4. The molecule has 0 saturated heterocycles. The number of methoxy groups -OCH3 is 1. The van der Waals surface area contributed by atoms with Crippen LogP contribution in [0.3, 0.4) is 0 Å². The Labute approximate surface area is 161 Å². The number of nitrogens with one attached hydrogen (secondary N) is 1. The molecule has 0 unspecified atom stereocenters. The maximum atomic E-state index is 5.42. The number of ether oxygens (including phenoxy) is 1. The molecule has 5 heteroatoms. The summed E-state index contributed by atoms with van der Waals surface area (Å²) >= 11 is 0. The van der Waals surface area contributed by atoms with Gasteiger partial charge < -0.3 is 15.0 Å². The monoisotopic (exact) mass is 362 g/mol. The zero-order valence-corrected chi connectivity index (χ0v) is 16.4. The van der Waals surface area contributed by atoms with Crippen molar-refractivity contribution in [2.75, 3.05) is 23.9 Å². The summed E-state index contributed by atoms with van der Waals surface area (Å²) in [6.07, 6.45) is 0.